The predicted octanol–water partition coefficient (Wildman–Crippen LogP) is 4.68. The summed E-state index contributed by atoms with van der Waals surface area (Å²) in [5.41, 5.74) is 0.569. The molecule has 0 radical (unpaired) electrons. The van der Waals surface area contributed by atoms with Crippen molar-refractivity contribution in [2.75, 3.05) is 6.54 Å². The zero-order valence-corrected chi connectivity index (χ0v) is 24.3. The van der Waals surface area contributed by atoms with Crippen molar-refractivity contribution in [1.82, 2.24) is 34.5 Å². The second-order valence-electron chi connectivity index (χ2n) is 10.3. The topological polar surface area (TPSA) is 131 Å². The molecular weight excluding hydrogens is 647 g/mol. The van der Waals surface area contributed by atoms with Gasteiger partial charge in [0.2, 0.25) is 21.8 Å². The molecule has 18 heteroatoms. The van der Waals surface area contributed by atoms with Gasteiger partial charge in [-0.1, -0.05) is 0 Å². The molecule has 0 bridgehead atoms. The summed E-state index contributed by atoms with van der Waals surface area (Å²) in [7, 11) is -4.38. The summed E-state index contributed by atoms with van der Waals surface area (Å²) in [6, 6.07) is 5.16. The van der Waals surface area contributed by atoms with Crippen molar-refractivity contribution in [3.8, 4) is 22.5 Å². The minimum atomic E-state index is -4.80. The first-order valence-corrected chi connectivity index (χ1v) is 14.8. The molecule has 46 heavy (non-hydrogen) atoms. The van der Waals surface area contributed by atoms with E-state index in [1.54, 1.807) is 0 Å². The van der Waals surface area contributed by atoms with E-state index in [0.29, 0.717) is 11.2 Å². The van der Waals surface area contributed by atoms with E-state index < -0.39 is 70.7 Å². The Morgan fingerprint density at radius 1 is 0.913 bits per heavy atom. The summed E-state index contributed by atoms with van der Waals surface area (Å²) in [4.78, 5) is 31.2. The number of nitrogens with zero attached hydrogens (tertiary/aromatic N) is 6. The third kappa shape index (κ3) is 7.12. The van der Waals surface area contributed by atoms with Crippen molar-refractivity contribution in [2.45, 2.75) is 49.1 Å². The second kappa shape index (κ2) is 12.3. The van der Waals surface area contributed by atoms with Gasteiger partial charge in [-0.05, 0) is 42.0 Å². The Labute approximate surface area is 256 Å². The number of sulfonamides is 1. The van der Waals surface area contributed by atoms with Gasteiger partial charge in [-0.2, -0.15) is 26.3 Å². The van der Waals surface area contributed by atoms with Crippen LogP contribution in [-0.2, 0) is 33.5 Å². The lowest BCUT2D eigenvalue weighted by Gasteiger charge is -2.23. The van der Waals surface area contributed by atoms with E-state index in [1.807, 2.05) is 0 Å². The number of carbonyl (C=O) groups is 1. The van der Waals surface area contributed by atoms with E-state index in [1.165, 1.54) is 12.1 Å². The molecule has 2 atom stereocenters. The first kappa shape index (κ1) is 32.8. The maximum Gasteiger partial charge on any atom is 0.451 e. The third-order valence-electron chi connectivity index (χ3n) is 6.82. The normalized spacial score (nSPS) is 17.7. The molecule has 0 aliphatic carbocycles. The van der Waals surface area contributed by atoms with E-state index in [2.05, 4.69) is 30.2 Å². The Bertz CT molecular complexity index is 1760. The van der Waals surface area contributed by atoms with Crippen LogP contribution in [0.5, 0.6) is 0 Å². The average Bonchev–Trinajstić information content (AvgIpc) is 3.42. The fraction of sp³-hybridized carbons (Fsp3) is 0.286. The summed E-state index contributed by atoms with van der Waals surface area (Å²) in [5, 5.41) is 2.53. The average molecular weight is 670 g/mol. The van der Waals surface area contributed by atoms with E-state index in [9.17, 15) is 43.9 Å². The first-order valence-electron chi connectivity index (χ1n) is 13.3. The number of benzene rings is 1. The van der Waals surface area contributed by atoms with Crippen LogP contribution in [0.25, 0.3) is 22.5 Å². The zero-order chi connectivity index (χ0) is 33.4. The number of rotatable bonds is 8. The summed E-state index contributed by atoms with van der Waals surface area (Å²) in [5.74, 6) is -7.05. The van der Waals surface area contributed by atoms with Crippen LogP contribution < -0.4 is 5.32 Å². The summed E-state index contributed by atoms with van der Waals surface area (Å²) < 4.78 is 121. The van der Waals surface area contributed by atoms with E-state index in [0.717, 1.165) is 49.1 Å². The van der Waals surface area contributed by atoms with E-state index >= 15 is 0 Å². The monoisotopic (exact) mass is 669 g/mol. The number of halogens is 7. The molecular formula is C28H22F7N7O3S. The molecule has 1 aliphatic heterocycles. The van der Waals surface area contributed by atoms with Crippen molar-refractivity contribution in [2.24, 2.45) is 0 Å². The molecule has 1 saturated heterocycles. The standard InChI is InChI=1S/C28H22F7N7O3S/c1-27(31,32)25-37-10-16(11-38-25)21-6-15(7-22(41-21)17-12-39-26(40-13-17)28(33,34)35)9-36-24(43)23-8-19(30)14-42(23)46(44,45)20-4-2-18(29)3-5-20/h2-7,10-13,19,23H,8-9,14H2,1H3,(H,36,43)/t19-,23+/m1/s1. The summed E-state index contributed by atoms with van der Waals surface area (Å²) >= 11 is 0. The van der Waals surface area contributed by atoms with Gasteiger partial charge in [-0.3, -0.25) is 4.79 Å². The Morgan fingerprint density at radius 3 is 1.93 bits per heavy atom. The van der Waals surface area contributed by atoms with Gasteiger partial charge < -0.3 is 5.32 Å². The van der Waals surface area contributed by atoms with Gasteiger partial charge in [0.05, 0.1) is 16.3 Å². The van der Waals surface area contributed by atoms with Crippen molar-refractivity contribution in [3.05, 3.63) is 84.2 Å². The lowest BCUT2D eigenvalue weighted by Crippen LogP contribution is -2.45. The number of alkyl halides is 6. The van der Waals surface area contributed by atoms with Crippen LogP contribution in [0, 0.1) is 5.82 Å². The molecule has 10 nitrogen and oxygen atoms in total. The molecule has 0 saturated carbocycles. The molecule has 5 rings (SSSR count). The van der Waals surface area contributed by atoms with Gasteiger partial charge in [0.25, 0.3) is 0 Å². The minimum Gasteiger partial charge on any atom is -0.351 e. The fourth-order valence-corrected chi connectivity index (χ4v) is 6.21. The van der Waals surface area contributed by atoms with Gasteiger partial charge >= 0.3 is 12.1 Å². The van der Waals surface area contributed by atoms with Crippen LogP contribution in [0.2, 0.25) is 0 Å². The van der Waals surface area contributed by atoms with Crippen LogP contribution in [-0.4, -0.2) is 62.3 Å². The van der Waals surface area contributed by atoms with Crippen molar-refractivity contribution in [1.29, 1.82) is 0 Å². The van der Waals surface area contributed by atoms with Gasteiger partial charge in [-0.15, -0.1) is 0 Å². The van der Waals surface area contributed by atoms with Crippen molar-refractivity contribution in [3.63, 3.8) is 0 Å². The summed E-state index contributed by atoms with van der Waals surface area (Å²) in [6.07, 6.45) is -3.04. The largest absolute Gasteiger partial charge is 0.451 e. The van der Waals surface area contributed by atoms with Crippen LogP contribution in [0.15, 0.2) is 66.1 Å². The SMILES string of the molecule is CC(F)(F)c1ncc(-c2cc(CNC(=O)[C@@H]3C[C@@H](F)CN3S(=O)(=O)c3ccc(F)cc3)cc(-c3cnc(C(F)(F)F)nc3)n2)cn1. The molecule has 1 N–H and O–H groups in total. The van der Waals surface area contributed by atoms with Gasteiger partial charge in [0.1, 0.15) is 18.0 Å². The highest BCUT2D eigenvalue weighted by atomic mass is 32.2. The quantitative estimate of drug-likeness (QED) is 0.268. The minimum absolute atomic E-state index is 0.0329. The van der Waals surface area contributed by atoms with Crippen LogP contribution in [0.4, 0.5) is 30.7 Å². The molecule has 1 amide bonds. The van der Waals surface area contributed by atoms with Crippen LogP contribution >= 0.6 is 0 Å². The molecule has 0 spiro atoms. The number of aromatic nitrogens is 5. The van der Waals surface area contributed by atoms with E-state index in [-0.39, 0.29) is 39.5 Å². The maximum absolute atomic E-state index is 14.4. The smallest absolute Gasteiger partial charge is 0.351 e. The number of amides is 1. The summed E-state index contributed by atoms with van der Waals surface area (Å²) in [6.45, 7) is -0.303. The number of hydrogen-bond donors (Lipinski definition) is 1. The first-order chi connectivity index (χ1) is 21.5. The highest BCUT2D eigenvalue weighted by molar-refractivity contribution is 7.89. The van der Waals surface area contributed by atoms with Gasteiger partial charge in [0.15, 0.2) is 5.82 Å². The Hall–Kier alpha value is -4.58. The van der Waals surface area contributed by atoms with Gasteiger partial charge in [0, 0.05) is 62.3 Å². The number of hydrogen-bond acceptors (Lipinski definition) is 8. The molecule has 4 aromatic rings. The molecule has 1 aromatic carbocycles. The molecule has 1 fully saturated rings. The van der Waals surface area contributed by atoms with Crippen LogP contribution in [0.3, 0.4) is 0 Å². The molecule has 242 valence electrons. The molecule has 0 unspecified atom stereocenters. The fourth-order valence-electron chi connectivity index (χ4n) is 4.59. The number of carbonyl (C=O) groups excluding carboxylic acids is 1. The zero-order valence-electron chi connectivity index (χ0n) is 23.5. The lowest BCUT2D eigenvalue weighted by molar-refractivity contribution is -0.145. The highest BCUT2D eigenvalue weighted by Crippen LogP contribution is 2.31. The number of nitrogens with one attached hydrogen (secondary N) is 1. The predicted molar refractivity (Wildman–Crippen MR) is 146 cm³/mol. The Balaban J connectivity index is 1.44. The Morgan fingerprint density at radius 2 is 1.43 bits per heavy atom. The highest BCUT2D eigenvalue weighted by Gasteiger charge is 2.44. The third-order valence-corrected chi connectivity index (χ3v) is 8.71. The van der Waals surface area contributed by atoms with Crippen molar-refractivity contribution < 1.29 is 43.9 Å². The van der Waals surface area contributed by atoms with E-state index in [4.69, 9.17) is 0 Å². The Kier molecular flexibility index (Phi) is 8.78. The van der Waals surface area contributed by atoms with Crippen LogP contribution in [0.1, 0.15) is 30.6 Å². The maximum atomic E-state index is 14.4. The number of pyridine rings is 1. The molecule has 1 aliphatic rings. The molecule has 3 aromatic heterocycles. The second-order valence-corrected chi connectivity index (χ2v) is 12.2. The lowest BCUT2D eigenvalue weighted by atomic mass is 10.1. The van der Waals surface area contributed by atoms with Gasteiger partial charge in [-0.25, -0.2) is 42.1 Å². The molecule has 4 heterocycles. The van der Waals surface area contributed by atoms with Crippen molar-refractivity contribution >= 4 is 15.9 Å².